The normalized spacial score (nSPS) is 11.6. The second kappa shape index (κ2) is 6.30. The molecular weight excluding hydrogens is 245 g/mol. The van der Waals surface area contributed by atoms with E-state index < -0.39 is 6.80 Å². The second-order valence-electron chi connectivity index (χ2n) is 2.94. The highest BCUT2D eigenvalue weighted by Crippen LogP contribution is 2.63. The molecule has 2 N–H and O–H groups in total. The van der Waals surface area contributed by atoms with E-state index in [-0.39, 0.29) is 0 Å². The van der Waals surface area contributed by atoms with E-state index in [4.69, 9.17) is 14.8 Å². The fourth-order valence-electron chi connectivity index (χ4n) is 1.06. The molecule has 0 bridgehead atoms. The van der Waals surface area contributed by atoms with Crippen molar-refractivity contribution in [2.24, 2.45) is 0 Å². The third-order valence-electron chi connectivity index (χ3n) is 1.67. The van der Waals surface area contributed by atoms with E-state index in [0.29, 0.717) is 18.9 Å². The number of anilines is 1. The van der Waals surface area contributed by atoms with Gasteiger partial charge in [0.15, 0.2) is 0 Å². The first-order chi connectivity index (χ1) is 7.59. The summed E-state index contributed by atoms with van der Waals surface area (Å²) in [6.45, 7) is 1.21. The molecule has 0 aliphatic rings. The van der Waals surface area contributed by atoms with Gasteiger partial charge in [0.1, 0.15) is 0 Å². The van der Waals surface area contributed by atoms with Crippen LogP contribution in [0.4, 0.5) is 5.69 Å². The molecule has 0 amide bonds. The minimum absolute atomic E-state index is 0.360. The SMILES string of the molecule is CCOP(=O)(OCC)Sc1ccc(N)cc1. The standard InChI is InChI=1S/C10H16NO3PS/c1-3-13-15(12,14-4-2)16-10-7-5-9(11)6-8-10/h5-8H,3-4,11H2,1-2H3. The smallest absolute Gasteiger partial charge is 0.393 e. The van der Waals surface area contributed by atoms with E-state index in [9.17, 15) is 4.57 Å². The molecule has 1 aromatic carbocycles. The molecule has 0 heterocycles. The molecule has 1 aromatic rings. The van der Waals surface area contributed by atoms with E-state index in [1.54, 1.807) is 38.1 Å². The third-order valence-corrected chi connectivity index (χ3v) is 5.46. The van der Waals surface area contributed by atoms with Crippen LogP contribution in [-0.4, -0.2) is 13.2 Å². The number of nitrogen functional groups attached to an aromatic ring is 1. The zero-order chi connectivity index (χ0) is 12.0. The van der Waals surface area contributed by atoms with Gasteiger partial charge in [0, 0.05) is 10.6 Å². The van der Waals surface area contributed by atoms with Crippen LogP contribution >= 0.6 is 18.2 Å². The topological polar surface area (TPSA) is 61.5 Å². The van der Waals surface area contributed by atoms with Gasteiger partial charge in [-0.1, -0.05) is 0 Å². The zero-order valence-corrected chi connectivity index (χ0v) is 11.1. The maximum Gasteiger partial charge on any atom is 0.393 e. The Balaban J connectivity index is 2.75. The highest BCUT2D eigenvalue weighted by Gasteiger charge is 2.25. The van der Waals surface area contributed by atoms with Crippen LogP contribution in [0.3, 0.4) is 0 Å². The molecule has 16 heavy (non-hydrogen) atoms. The molecule has 0 fully saturated rings. The fourth-order valence-corrected chi connectivity index (χ4v) is 4.48. The van der Waals surface area contributed by atoms with Crippen LogP contribution in [0.25, 0.3) is 0 Å². The van der Waals surface area contributed by atoms with Crippen molar-refractivity contribution in [2.75, 3.05) is 18.9 Å². The Morgan fingerprint density at radius 3 is 2.12 bits per heavy atom. The van der Waals surface area contributed by atoms with Crippen molar-refractivity contribution in [3.8, 4) is 0 Å². The summed E-state index contributed by atoms with van der Waals surface area (Å²) in [6.07, 6.45) is 0. The van der Waals surface area contributed by atoms with Crippen LogP contribution in [0, 0.1) is 0 Å². The maximum absolute atomic E-state index is 12.2. The van der Waals surface area contributed by atoms with Crippen molar-refractivity contribution in [3.63, 3.8) is 0 Å². The Bertz CT molecular complexity index is 359. The summed E-state index contributed by atoms with van der Waals surface area (Å²) in [5, 5.41) is 0. The number of benzene rings is 1. The van der Waals surface area contributed by atoms with Gasteiger partial charge >= 0.3 is 6.80 Å². The Labute approximate surface area is 99.8 Å². The van der Waals surface area contributed by atoms with E-state index in [1.165, 1.54) is 0 Å². The number of rotatable bonds is 6. The highest BCUT2D eigenvalue weighted by molar-refractivity contribution is 8.55. The molecule has 1 rings (SSSR count). The third kappa shape index (κ3) is 4.18. The summed E-state index contributed by atoms with van der Waals surface area (Å²) in [5.74, 6) is 0. The van der Waals surface area contributed by atoms with E-state index in [1.807, 2.05) is 0 Å². The summed E-state index contributed by atoms with van der Waals surface area (Å²) < 4.78 is 22.5. The van der Waals surface area contributed by atoms with Crippen molar-refractivity contribution < 1.29 is 13.6 Å². The average Bonchev–Trinajstić information content (AvgIpc) is 2.22. The first-order valence-electron chi connectivity index (χ1n) is 5.04. The lowest BCUT2D eigenvalue weighted by Crippen LogP contribution is -1.92. The minimum Gasteiger partial charge on any atom is -0.399 e. The molecule has 0 saturated heterocycles. The Kier molecular flexibility index (Phi) is 5.35. The number of hydrogen-bond acceptors (Lipinski definition) is 5. The van der Waals surface area contributed by atoms with Crippen molar-refractivity contribution in [1.29, 1.82) is 0 Å². The summed E-state index contributed by atoms with van der Waals surface area (Å²) >= 11 is 1.10. The largest absolute Gasteiger partial charge is 0.399 e. The number of nitrogens with two attached hydrogens (primary N) is 1. The Morgan fingerprint density at radius 1 is 1.19 bits per heavy atom. The van der Waals surface area contributed by atoms with Crippen molar-refractivity contribution in [1.82, 2.24) is 0 Å². The van der Waals surface area contributed by atoms with Crippen molar-refractivity contribution in [2.45, 2.75) is 18.7 Å². The predicted molar refractivity (Wildman–Crippen MR) is 67.6 cm³/mol. The van der Waals surface area contributed by atoms with Crippen molar-refractivity contribution in [3.05, 3.63) is 24.3 Å². The van der Waals surface area contributed by atoms with Gasteiger partial charge in [0.05, 0.1) is 13.2 Å². The van der Waals surface area contributed by atoms with Gasteiger partial charge in [-0.2, -0.15) is 0 Å². The molecule has 4 nitrogen and oxygen atoms in total. The van der Waals surface area contributed by atoms with Crippen LogP contribution in [0.15, 0.2) is 29.2 Å². The van der Waals surface area contributed by atoms with Crippen LogP contribution in [-0.2, 0) is 13.6 Å². The molecular formula is C10H16NO3PS. The van der Waals surface area contributed by atoms with Gasteiger partial charge in [0.25, 0.3) is 0 Å². The monoisotopic (exact) mass is 261 g/mol. The molecule has 0 aliphatic carbocycles. The number of hydrogen-bond donors (Lipinski definition) is 1. The summed E-state index contributed by atoms with van der Waals surface area (Å²) in [5.41, 5.74) is 6.24. The van der Waals surface area contributed by atoms with Crippen LogP contribution in [0.5, 0.6) is 0 Å². The lowest BCUT2D eigenvalue weighted by Gasteiger charge is -2.15. The summed E-state index contributed by atoms with van der Waals surface area (Å²) in [4.78, 5) is 0.819. The fraction of sp³-hybridized carbons (Fsp3) is 0.400. The maximum atomic E-state index is 12.2. The molecule has 90 valence electrons. The highest BCUT2D eigenvalue weighted by atomic mass is 32.7. The lowest BCUT2D eigenvalue weighted by atomic mass is 10.3. The van der Waals surface area contributed by atoms with Gasteiger partial charge < -0.3 is 14.8 Å². The van der Waals surface area contributed by atoms with Crippen LogP contribution in [0.2, 0.25) is 0 Å². The van der Waals surface area contributed by atoms with Gasteiger partial charge in [-0.3, -0.25) is 0 Å². The molecule has 0 radical (unpaired) electrons. The lowest BCUT2D eigenvalue weighted by molar-refractivity contribution is 0.237. The van der Waals surface area contributed by atoms with Gasteiger partial charge in [-0.05, 0) is 49.5 Å². The quantitative estimate of drug-likeness (QED) is 0.626. The van der Waals surface area contributed by atoms with Crippen molar-refractivity contribution >= 4 is 23.9 Å². The summed E-state index contributed by atoms with van der Waals surface area (Å²) in [6, 6.07) is 7.10. The zero-order valence-electron chi connectivity index (χ0n) is 9.38. The van der Waals surface area contributed by atoms with Gasteiger partial charge in [0.2, 0.25) is 0 Å². The minimum atomic E-state index is -3.08. The molecule has 0 saturated carbocycles. The van der Waals surface area contributed by atoms with E-state index >= 15 is 0 Å². The second-order valence-corrected chi connectivity index (χ2v) is 6.90. The van der Waals surface area contributed by atoms with Gasteiger partial charge in [-0.15, -0.1) is 0 Å². The molecule has 0 unspecified atom stereocenters. The van der Waals surface area contributed by atoms with E-state index in [2.05, 4.69) is 0 Å². The van der Waals surface area contributed by atoms with Gasteiger partial charge in [-0.25, -0.2) is 4.57 Å². The Morgan fingerprint density at radius 2 is 1.69 bits per heavy atom. The average molecular weight is 261 g/mol. The molecule has 0 aliphatic heterocycles. The first kappa shape index (κ1) is 13.6. The Hall–Kier alpha value is -0.480. The predicted octanol–water partition coefficient (Wildman–Crippen LogP) is 3.54. The molecule has 0 spiro atoms. The summed E-state index contributed by atoms with van der Waals surface area (Å²) in [7, 11) is 0. The molecule has 0 aromatic heterocycles. The molecule has 0 atom stereocenters. The van der Waals surface area contributed by atoms with Crippen LogP contribution < -0.4 is 5.73 Å². The van der Waals surface area contributed by atoms with Crippen LogP contribution in [0.1, 0.15) is 13.8 Å². The van der Waals surface area contributed by atoms with E-state index in [0.717, 1.165) is 16.3 Å². The molecule has 6 heteroatoms. The first-order valence-corrected chi connectivity index (χ1v) is 8.00.